The van der Waals surface area contributed by atoms with Crippen LogP contribution in [0.15, 0.2) is 30.3 Å². The number of hydrogen-bond acceptors (Lipinski definition) is 3. The van der Waals surface area contributed by atoms with Gasteiger partial charge in [-0.25, -0.2) is 0 Å². The average molecular weight is 240 g/mol. The number of aliphatic hydroxyl groups is 2. The molecule has 1 unspecified atom stereocenters. The van der Waals surface area contributed by atoms with Crippen LogP contribution in [0.5, 0.6) is 0 Å². The van der Waals surface area contributed by atoms with Gasteiger partial charge in [0, 0.05) is 13.1 Å². The van der Waals surface area contributed by atoms with E-state index in [9.17, 15) is 0 Å². The lowest BCUT2D eigenvalue weighted by molar-refractivity contribution is 0.0982. The molecule has 1 atom stereocenters. The van der Waals surface area contributed by atoms with Crippen molar-refractivity contribution >= 4 is 17.3 Å². The molecule has 0 saturated heterocycles. The first-order chi connectivity index (χ1) is 7.72. The molecule has 0 bridgehead atoms. The summed E-state index contributed by atoms with van der Waals surface area (Å²) in [6.07, 6.45) is -0.781. The minimum Gasteiger partial charge on any atom is -0.394 e. The van der Waals surface area contributed by atoms with Crippen LogP contribution >= 0.6 is 12.2 Å². The highest BCUT2D eigenvalue weighted by atomic mass is 32.1. The van der Waals surface area contributed by atoms with Crippen LogP contribution in [0.3, 0.4) is 0 Å². The zero-order chi connectivity index (χ0) is 11.8. The minimum atomic E-state index is -0.781. The molecule has 5 heteroatoms. The highest BCUT2D eigenvalue weighted by Crippen LogP contribution is 1.96. The molecular formula is C11H16N2O2S. The molecule has 4 N–H and O–H groups in total. The van der Waals surface area contributed by atoms with Gasteiger partial charge in [0.05, 0.1) is 12.7 Å². The number of benzene rings is 1. The van der Waals surface area contributed by atoms with E-state index < -0.39 is 6.10 Å². The monoisotopic (exact) mass is 240 g/mol. The molecule has 1 aromatic carbocycles. The highest BCUT2D eigenvalue weighted by molar-refractivity contribution is 7.80. The molecule has 0 radical (unpaired) electrons. The number of hydrogen-bond donors (Lipinski definition) is 4. The van der Waals surface area contributed by atoms with Gasteiger partial charge in [-0.1, -0.05) is 30.3 Å². The van der Waals surface area contributed by atoms with Crippen molar-refractivity contribution in [2.75, 3.05) is 13.2 Å². The van der Waals surface area contributed by atoms with E-state index in [0.29, 0.717) is 11.7 Å². The molecule has 1 rings (SSSR count). The first kappa shape index (κ1) is 12.9. The van der Waals surface area contributed by atoms with Crippen LogP contribution in [-0.2, 0) is 6.54 Å². The Bertz CT molecular complexity index is 319. The molecule has 0 aliphatic carbocycles. The van der Waals surface area contributed by atoms with Crippen LogP contribution < -0.4 is 10.6 Å². The van der Waals surface area contributed by atoms with Gasteiger partial charge in [-0.2, -0.15) is 0 Å². The fourth-order valence-corrected chi connectivity index (χ4v) is 1.27. The molecule has 4 nitrogen and oxygen atoms in total. The summed E-state index contributed by atoms with van der Waals surface area (Å²) in [5.74, 6) is 0. The predicted molar refractivity (Wildman–Crippen MR) is 67.0 cm³/mol. The van der Waals surface area contributed by atoms with Crippen LogP contribution in [0.25, 0.3) is 0 Å². The van der Waals surface area contributed by atoms with E-state index in [1.54, 1.807) is 0 Å². The number of rotatable bonds is 5. The van der Waals surface area contributed by atoms with Crippen LogP contribution in [-0.4, -0.2) is 34.6 Å². The van der Waals surface area contributed by atoms with Gasteiger partial charge >= 0.3 is 0 Å². The predicted octanol–water partition coefficient (Wildman–Crippen LogP) is 0.00390. The Balaban J connectivity index is 2.20. The minimum absolute atomic E-state index is 0.247. The zero-order valence-electron chi connectivity index (χ0n) is 8.89. The Morgan fingerprint density at radius 2 is 1.94 bits per heavy atom. The number of nitrogens with one attached hydrogen (secondary N) is 2. The van der Waals surface area contributed by atoms with E-state index in [4.69, 9.17) is 22.4 Å². The van der Waals surface area contributed by atoms with Crippen molar-refractivity contribution in [2.24, 2.45) is 0 Å². The average Bonchev–Trinajstić information content (AvgIpc) is 2.34. The van der Waals surface area contributed by atoms with Crippen molar-refractivity contribution in [2.45, 2.75) is 12.6 Å². The zero-order valence-corrected chi connectivity index (χ0v) is 9.70. The summed E-state index contributed by atoms with van der Waals surface area (Å²) in [6, 6.07) is 9.88. The Morgan fingerprint density at radius 1 is 1.25 bits per heavy atom. The lowest BCUT2D eigenvalue weighted by Crippen LogP contribution is -2.40. The van der Waals surface area contributed by atoms with Crippen LogP contribution in [0.1, 0.15) is 5.56 Å². The molecule has 1 aromatic rings. The Kier molecular flexibility index (Phi) is 5.77. The molecule has 0 aromatic heterocycles. The quantitative estimate of drug-likeness (QED) is 0.546. The van der Waals surface area contributed by atoms with Crippen molar-refractivity contribution in [3.63, 3.8) is 0 Å². The maximum Gasteiger partial charge on any atom is 0.166 e. The third-order valence-electron chi connectivity index (χ3n) is 2.00. The standard InChI is InChI=1S/C11H16N2O2S/c14-8-10(15)7-13-11(16)12-6-9-4-2-1-3-5-9/h1-5,10,14-15H,6-8H2,(H2,12,13,16). The van der Waals surface area contributed by atoms with E-state index in [-0.39, 0.29) is 13.2 Å². The summed E-state index contributed by atoms with van der Waals surface area (Å²) in [5, 5.41) is 24.0. The van der Waals surface area contributed by atoms with E-state index in [1.807, 2.05) is 30.3 Å². The molecule has 0 saturated carbocycles. The van der Waals surface area contributed by atoms with Gasteiger partial charge in [-0.15, -0.1) is 0 Å². The summed E-state index contributed by atoms with van der Waals surface area (Å²) in [4.78, 5) is 0. The van der Waals surface area contributed by atoms with E-state index in [0.717, 1.165) is 5.56 Å². The summed E-state index contributed by atoms with van der Waals surface area (Å²) in [7, 11) is 0. The van der Waals surface area contributed by atoms with Crippen molar-refractivity contribution < 1.29 is 10.2 Å². The van der Waals surface area contributed by atoms with Crippen LogP contribution in [0, 0.1) is 0 Å². The summed E-state index contributed by atoms with van der Waals surface area (Å²) < 4.78 is 0. The van der Waals surface area contributed by atoms with Crippen molar-refractivity contribution in [3.8, 4) is 0 Å². The second-order valence-corrected chi connectivity index (χ2v) is 3.79. The fraction of sp³-hybridized carbons (Fsp3) is 0.364. The molecule has 0 aliphatic rings. The van der Waals surface area contributed by atoms with Gasteiger partial charge in [0.25, 0.3) is 0 Å². The Hall–Kier alpha value is -1.17. The second kappa shape index (κ2) is 7.16. The number of aliphatic hydroxyl groups excluding tert-OH is 2. The first-order valence-corrected chi connectivity index (χ1v) is 5.47. The number of thiocarbonyl (C=S) groups is 1. The van der Waals surface area contributed by atoms with E-state index in [2.05, 4.69) is 10.6 Å². The Labute approximate surface area is 100 Å². The van der Waals surface area contributed by atoms with Crippen molar-refractivity contribution in [1.29, 1.82) is 0 Å². The first-order valence-electron chi connectivity index (χ1n) is 5.07. The molecule has 0 fully saturated rings. The highest BCUT2D eigenvalue weighted by Gasteiger charge is 2.02. The molecule has 0 heterocycles. The van der Waals surface area contributed by atoms with Gasteiger partial charge in [-0.3, -0.25) is 0 Å². The van der Waals surface area contributed by atoms with Crippen molar-refractivity contribution in [1.82, 2.24) is 10.6 Å². The fourth-order valence-electron chi connectivity index (χ4n) is 1.12. The molecule has 88 valence electrons. The SMILES string of the molecule is OCC(O)CNC(=S)NCc1ccccc1. The van der Waals surface area contributed by atoms with Gasteiger partial charge in [-0.05, 0) is 17.8 Å². The topological polar surface area (TPSA) is 64.5 Å². The summed E-state index contributed by atoms with van der Waals surface area (Å²) in [5.41, 5.74) is 1.13. The molecular weight excluding hydrogens is 224 g/mol. The van der Waals surface area contributed by atoms with Gasteiger partial charge < -0.3 is 20.8 Å². The molecule has 0 amide bonds. The smallest absolute Gasteiger partial charge is 0.166 e. The van der Waals surface area contributed by atoms with Crippen LogP contribution in [0.4, 0.5) is 0 Å². The molecule has 16 heavy (non-hydrogen) atoms. The van der Waals surface area contributed by atoms with Crippen molar-refractivity contribution in [3.05, 3.63) is 35.9 Å². The Morgan fingerprint density at radius 3 is 2.56 bits per heavy atom. The summed E-state index contributed by atoms with van der Waals surface area (Å²) >= 11 is 5.00. The maximum atomic E-state index is 9.09. The third kappa shape index (κ3) is 5.06. The van der Waals surface area contributed by atoms with Crippen LogP contribution in [0.2, 0.25) is 0 Å². The third-order valence-corrected chi connectivity index (χ3v) is 2.29. The van der Waals surface area contributed by atoms with E-state index >= 15 is 0 Å². The lowest BCUT2D eigenvalue weighted by atomic mass is 10.2. The van der Waals surface area contributed by atoms with E-state index in [1.165, 1.54) is 0 Å². The summed E-state index contributed by atoms with van der Waals surface area (Å²) in [6.45, 7) is 0.618. The molecule has 0 aliphatic heterocycles. The lowest BCUT2D eigenvalue weighted by Gasteiger charge is -2.12. The largest absolute Gasteiger partial charge is 0.394 e. The normalized spacial score (nSPS) is 11.9. The van der Waals surface area contributed by atoms with Gasteiger partial charge in [0.15, 0.2) is 5.11 Å². The van der Waals surface area contributed by atoms with Gasteiger partial charge in [0.1, 0.15) is 0 Å². The maximum absolute atomic E-state index is 9.09. The molecule has 0 spiro atoms. The second-order valence-electron chi connectivity index (χ2n) is 3.39. The van der Waals surface area contributed by atoms with Gasteiger partial charge in [0.2, 0.25) is 0 Å².